The molecule has 0 rings (SSSR count). The Morgan fingerprint density at radius 1 is 1.04 bits per heavy atom. The smallest absolute Gasteiger partial charge is 0.550 e. The summed E-state index contributed by atoms with van der Waals surface area (Å²) in [5.74, 6) is -3.74. The van der Waals surface area contributed by atoms with Crippen molar-refractivity contribution >= 4 is 17.8 Å². The van der Waals surface area contributed by atoms with Crippen molar-refractivity contribution in [1.29, 1.82) is 0 Å². The molecule has 0 bridgehead atoms. The molecule has 0 aliphatic carbocycles. The second kappa shape index (κ2) is 15.8. The maximum absolute atomic E-state index is 11.9. The molecule has 0 aromatic rings. The van der Waals surface area contributed by atoms with Gasteiger partial charge >= 0.3 is 24.8 Å². The fourth-order valence-corrected chi connectivity index (χ4v) is 3.31. The minimum absolute atomic E-state index is 0. The number of aliphatic hydroxyl groups is 1. The Morgan fingerprint density at radius 3 is 2.14 bits per heavy atom. The summed E-state index contributed by atoms with van der Waals surface area (Å²) in [4.78, 5) is 34.4. The third-order valence-corrected chi connectivity index (χ3v) is 4.89. The zero-order valence-electron chi connectivity index (χ0n) is 17.9. The van der Waals surface area contributed by atoms with Crippen LogP contribution < -0.4 is 29.3 Å². The third-order valence-electron chi connectivity index (χ3n) is 4.89. The summed E-state index contributed by atoms with van der Waals surface area (Å²) in [6.07, 6.45) is 4.47. The molecule has 8 nitrogen and oxygen atoms in total. The maximum atomic E-state index is 11.9. The van der Waals surface area contributed by atoms with Crippen molar-refractivity contribution in [1.82, 2.24) is 5.32 Å². The number of carboxylic acids is 2. The zero-order valence-corrected chi connectivity index (χ0v) is 17.9. The number of nitrogens with one attached hydrogen (secondary N) is 1. The molecule has 1 amide bonds. The Bertz CT molecular complexity index is 453. The van der Waals surface area contributed by atoms with Crippen molar-refractivity contribution in [3.8, 4) is 0 Å². The molecular formula is C19H36LiN2O6+. The quantitative estimate of drug-likeness (QED) is 0.145. The Kier molecular flexibility index (Phi) is 16.4. The molecule has 0 fully saturated rings. The van der Waals surface area contributed by atoms with Crippen molar-refractivity contribution in [2.24, 2.45) is 11.8 Å². The van der Waals surface area contributed by atoms with Crippen LogP contribution in [0.2, 0.25) is 0 Å². The number of quaternary nitrogens is 1. The van der Waals surface area contributed by atoms with E-state index in [1.807, 2.05) is 0 Å². The number of unbranched alkanes of at least 4 members (excludes halogenated alkanes) is 3. The van der Waals surface area contributed by atoms with Crippen LogP contribution in [0.25, 0.3) is 0 Å². The van der Waals surface area contributed by atoms with E-state index in [4.69, 9.17) is 0 Å². The number of carbonyl (C=O) groups excluding carboxylic acids is 2. The minimum Gasteiger partial charge on any atom is -0.550 e. The first-order chi connectivity index (χ1) is 12.7. The van der Waals surface area contributed by atoms with Gasteiger partial charge in [-0.25, -0.2) is 0 Å². The van der Waals surface area contributed by atoms with Gasteiger partial charge in [-0.15, -0.1) is 0 Å². The molecule has 0 saturated carbocycles. The molecular weight excluding hydrogens is 359 g/mol. The van der Waals surface area contributed by atoms with E-state index in [9.17, 15) is 29.7 Å². The number of hydrogen-bond acceptors (Lipinski definition) is 5. The van der Waals surface area contributed by atoms with Crippen LogP contribution in [0.1, 0.15) is 52.9 Å². The van der Waals surface area contributed by atoms with Gasteiger partial charge in [-0.2, -0.15) is 0 Å². The average Bonchev–Trinajstić information content (AvgIpc) is 2.58. The predicted molar refractivity (Wildman–Crippen MR) is 99.6 cm³/mol. The molecule has 0 aromatic carbocycles. The van der Waals surface area contributed by atoms with E-state index in [-0.39, 0.29) is 55.5 Å². The predicted octanol–water partition coefficient (Wildman–Crippen LogP) is -3.01. The maximum Gasteiger partial charge on any atom is 1.00 e. The molecule has 158 valence electrons. The monoisotopic (exact) mass is 395 g/mol. The number of aliphatic hydroxyl groups excluding tert-OH is 1. The van der Waals surface area contributed by atoms with Gasteiger partial charge in [-0.3, -0.25) is 9.59 Å². The Morgan fingerprint density at radius 2 is 1.64 bits per heavy atom. The van der Waals surface area contributed by atoms with Crippen LogP contribution in [0.3, 0.4) is 0 Å². The fourth-order valence-electron chi connectivity index (χ4n) is 3.31. The van der Waals surface area contributed by atoms with E-state index in [1.54, 1.807) is 6.92 Å². The van der Waals surface area contributed by atoms with Crippen LogP contribution in [0.5, 0.6) is 0 Å². The summed E-state index contributed by atoms with van der Waals surface area (Å²) >= 11 is 0. The van der Waals surface area contributed by atoms with Gasteiger partial charge in [-0.1, -0.05) is 33.1 Å². The van der Waals surface area contributed by atoms with Crippen LogP contribution >= 0.6 is 0 Å². The minimum atomic E-state index is -1.21. The van der Waals surface area contributed by atoms with Gasteiger partial charge in [0.2, 0.25) is 5.91 Å². The van der Waals surface area contributed by atoms with E-state index < -0.39 is 23.8 Å². The summed E-state index contributed by atoms with van der Waals surface area (Å²) in [5.41, 5.74) is 0. The van der Waals surface area contributed by atoms with Gasteiger partial charge in [-0.05, 0) is 13.3 Å². The largest absolute Gasteiger partial charge is 1.00 e. The van der Waals surface area contributed by atoms with Crippen LogP contribution in [0.15, 0.2) is 0 Å². The second-order valence-corrected chi connectivity index (χ2v) is 7.50. The molecule has 0 saturated heterocycles. The third kappa shape index (κ3) is 12.4. The summed E-state index contributed by atoms with van der Waals surface area (Å²) in [6.45, 7) is 6.19. The summed E-state index contributed by atoms with van der Waals surface area (Å²) in [7, 11) is 0. The Hall–Kier alpha value is -1.07. The van der Waals surface area contributed by atoms with Gasteiger partial charge in [0, 0.05) is 18.3 Å². The molecule has 0 spiro atoms. The van der Waals surface area contributed by atoms with Crippen molar-refractivity contribution in [2.45, 2.75) is 52.9 Å². The molecule has 3 N–H and O–H groups in total. The van der Waals surface area contributed by atoms with E-state index >= 15 is 0 Å². The molecule has 3 atom stereocenters. The number of carboxylic acid groups (broad SMARTS) is 2. The molecule has 0 aliphatic heterocycles. The second-order valence-electron chi connectivity index (χ2n) is 7.50. The number of aliphatic carboxylic acids is 2. The van der Waals surface area contributed by atoms with Gasteiger partial charge in [0.05, 0.1) is 32.8 Å². The molecule has 3 unspecified atom stereocenters. The van der Waals surface area contributed by atoms with E-state index in [2.05, 4.69) is 12.2 Å². The first kappa shape index (κ1) is 29.1. The molecule has 0 aromatic heterocycles. The number of rotatable bonds is 16. The Balaban J connectivity index is 0. The molecule has 0 radical (unpaired) electrons. The Labute approximate surface area is 180 Å². The summed E-state index contributed by atoms with van der Waals surface area (Å²) in [6, 6.07) is 0. The van der Waals surface area contributed by atoms with Gasteiger partial charge in [0.25, 0.3) is 0 Å². The van der Waals surface area contributed by atoms with E-state index in [0.717, 1.165) is 25.7 Å². The van der Waals surface area contributed by atoms with Gasteiger partial charge in [0.1, 0.15) is 12.5 Å². The van der Waals surface area contributed by atoms with Gasteiger partial charge in [0.15, 0.2) is 0 Å². The van der Waals surface area contributed by atoms with E-state index in [0.29, 0.717) is 19.5 Å². The van der Waals surface area contributed by atoms with Crippen LogP contribution in [-0.4, -0.2) is 71.9 Å². The topological polar surface area (TPSA) is 127 Å². The summed E-state index contributed by atoms with van der Waals surface area (Å²) < 4.78 is 0.106. The first-order valence-electron chi connectivity index (χ1n) is 9.83. The first-order valence-corrected chi connectivity index (χ1v) is 9.83. The number of carbonyl (C=O) groups is 3. The zero-order chi connectivity index (χ0) is 20.9. The molecule has 9 heteroatoms. The number of amides is 1. The normalized spacial score (nSPS) is 15.0. The van der Waals surface area contributed by atoms with Crippen molar-refractivity contribution in [3.63, 3.8) is 0 Å². The van der Waals surface area contributed by atoms with Crippen LogP contribution in [0, 0.1) is 11.8 Å². The molecule has 28 heavy (non-hydrogen) atoms. The number of hydrogen-bond donors (Lipinski definition) is 3. The van der Waals surface area contributed by atoms with Crippen LogP contribution in [0.4, 0.5) is 0 Å². The fraction of sp³-hybridized carbons (Fsp3) is 0.842. The van der Waals surface area contributed by atoms with Gasteiger partial charge < -0.3 is 29.9 Å². The molecule has 0 aliphatic rings. The average molecular weight is 395 g/mol. The van der Waals surface area contributed by atoms with Crippen molar-refractivity contribution in [3.05, 3.63) is 0 Å². The van der Waals surface area contributed by atoms with Crippen LogP contribution in [-0.2, 0) is 14.4 Å². The van der Waals surface area contributed by atoms with Crippen molar-refractivity contribution < 1.29 is 53.0 Å². The molecule has 0 heterocycles. The summed E-state index contributed by atoms with van der Waals surface area (Å²) in [5, 5.41) is 32.7. The van der Waals surface area contributed by atoms with Crippen molar-refractivity contribution in [2.75, 3.05) is 39.3 Å². The number of nitrogens with zero attached hydrogens (tertiary/aromatic N) is 1. The SMILES string of the molecule is CCCCCCC(=O)NCC[N+](CCO)(CC(C)C(=O)[O-])CC(C)C(=O)O.[Li+]. The standard InChI is InChI=1S/C19H36N2O6.Li/c1-4-5-6-7-8-17(23)20-9-10-21(11-12-22,13-15(2)18(24)25)14-16(3)19(26)27;/h15-16,22H,4-14H2,1-3H3,(H2-,20,23,24,25,26,27);/q;+1. The van der Waals surface area contributed by atoms with E-state index in [1.165, 1.54) is 6.92 Å².